The summed E-state index contributed by atoms with van der Waals surface area (Å²) in [6.45, 7) is 6.85. The molecule has 1 heterocycles. The van der Waals surface area contributed by atoms with Crippen LogP contribution in [-0.2, 0) is 22.1 Å². The maximum atomic E-state index is 12.7. The summed E-state index contributed by atoms with van der Waals surface area (Å²) < 4.78 is 33.0. The third kappa shape index (κ3) is 5.96. The first-order valence-corrected chi connectivity index (χ1v) is 12.3. The fourth-order valence-corrected chi connectivity index (χ4v) is 5.01. The van der Waals surface area contributed by atoms with E-state index in [0.29, 0.717) is 24.1 Å². The number of rotatable bonds is 11. The molecule has 158 valence electrons. The highest BCUT2D eigenvalue weighted by atomic mass is 32.2. The van der Waals surface area contributed by atoms with Crippen LogP contribution in [0.15, 0.2) is 77.3 Å². The maximum absolute atomic E-state index is 12.7. The summed E-state index contributed by atoms with van der Waals surface area (Å²) in [7, 11) is -3.49. The highest BCUT2D eigenvalue weighted by molar-refractivity contribution is 7.99. The van der Waals surface area contributed by atoms with Crippen LogP contribution in [0.25, 0.3) is 0 Å². The molecule has 0 spiro atoms. The Kier molecular flexibility index (Phi) is 7.70. The van der Waals surface area contributed by atoms with Gasteiger partial charge in [0, 0.05) is 12.3 Å². The van der Waals surface area contributed by atoms with Crippen molar-refractivity contribution >= 4 is 21.6 Å². The second-order valence-electron chi connectivity index (χ2n) is 6.74. The Labute approximate surface area is 181 Å². The van der Waals surface area contributed by atoms with Crippen molar-refractivity contribution in [2.75, 3.05) is 12.4 Å². The number of hydrogen-bond acceptors (Lipinski definition) is 6. The highest BCUT2D eigenvalue weighted by Gasteiger charge is 2.21. The number of benzene rings is 2. The molecular formula is C22H25N3O3S2. The van der Waals surface area contributed by atoms with Crippen molar-refractivity contribution in [2.24, 2.45) is 0 Å². The van der Waals surface area contributed by atoms with Crippen LogP contribution < -0.4 is 4.74 Å². The molecule has 0 N–H and O–H groups in total. The summed E-state index contributed by atoms with van der Waals surface area (Å²) in [5, 5.41) is 9.02. The molecule has 0 saturated heterocycles. The average Bonchev–Trinajstić information content (AvgIpc) is 3.09. The monoisotopic (exact) mass is 443 g/mol. The number of thioether (sulfide) groups is 1. The molecule has 0 fully saturated rings. The Morgan fingerprint density at radius 1 is 1.13 bits per heavy atom. The van der Waals surface area contributed by atoms with Crippen LogP contribution in [-0.4, -0.2) is 35.5 Å². The van der Waals surface area contributed by atoms with Gasteiger partial charge in [0.05, 0.1) is 11.5 Å². The lowest BCUT2D eigenvalue weighted by Crippen LogP contribution is -2.11. The number of aromatic nitrogens is 3. The molecule has 2 aromatic carbocycles. The average molecular weight is 444 g/mol. The minimum absolute atomic E-state index is 0.200. The maximum Gasteiger partial charge on any atom is 0.191 e. The van der Waals surface area contributed by atoms with E-state index in [0.717, 1.165) is 23.5 Å². The first kappa shape index (κ1) is 22.1. The van der Waals surface area contributed by atoms with E-state index in [2.05, 4.69) is 16.8 Å². The molecule has 0 aliphatic rings. The number of nitrogens with zero attached hydrogens (tertiary/aromatic N) is 3. The van der Waals surface area contributed by atoms with Crippen LogP contribution in [0.4, 0.5) is 0 Å². The van der Waals surface area contributed by atoms with Gasteiger partial charge in [-0.15, -0.1) is 16.8 Å². The van der Waals surface area contributed by atoms with Crippen LogP contribution in [0, 0.1) is 6.92 Å². The van der Waals surface area contributed by atoms with Crippen LogP contribution >= 0.6 is 11.8 Å². The van der Waals surface area contributed by atoms with Gasteiger partial charge in [-0.1, -0.05) is 48.2 Å². The van der Waals surface area contributed by atoms with Crippen molar-refractivity contribution in [3.8, 4) is 5.75 Å². The van der Waals surface area contributed by atoms with Crippen molar-refractivity contribution in [1.29, 1.82) is 0 Å². The zero-order chi connectivity index (χ0) is 21.4. The molecule has 1 aromatic heterocycles. The summed E-state index contributed by atoms with van der Waals surface area (Å²) in [5.74, 6) is 1.86. The van der Waals surface area contributed by atoms with Crippen molar-refractivity contribution in [2.45, 2.75) is 35.7 Å². The predicted molar refractivity (Wildman–Crippen MR) is 120 cm³/mol. The Hall–Kier alpha value is -2.58. The fourth-order valence-electron chi connectivity index (χ4n) is 2.84. The van der Waals surface area contributed by atoms with Crippen molar-refractivity contribution < 1.29 is 13.2 Å². The van der Waals surface area contributed by atoms with Gasteiger partial charge in [-0.25, -0.2) is 8.42 Å². The summed E-state index contributed by atoms with van der Waals surface area (Å²) in [5.41, 5.74) is 1.16. The van der Waals surface area contributed by atoms with E-state index in [-0.39, 0.29) is 10.6 Å². The first-order valence-electron chi connectivity index (χ1n) is 9.62. The van der Waals surface area contributed by atoms with Crippen molar-refractivity contribution in [3.05, 3.63) is 78.6 Å². The molecular weight excluding hydrogens is 418 g/mol. The van der Waals surface area contributed by atoms with Gasteiger partial charge in [0.25, 0.3) is 0 Å². The van der Waals surface area contributed by atoms with Crippen LogP contribution in [0.1, 0.15) is 17.8 Å². The molecule has 0 aliphatic heterocycles. The Morgan fingerprint density at radius 3 is 2.67 bits per heavy atom. The number of sulfone groups is 1. The van der Waals surface area contributed by atoms with Gasteiger partial charge in [-0.05, 0) is 43.2 Å². The Morgan fingerprint density at radius 2 is 1.93 bits per heavy atom. The summed E-state index contributed by atoms with van der Waals surface area (Å²) in [6.07, 6.45) is 2.55. The topological polar surface area (TPSA) is 74.1 Å². The molecule has 6 nitrogen and oxygen atoms in total. The Balaban J connectivity index is 1.59. The smallest absolute Gasteiger partial charge is 0.191 e. The fraction of sp³-hybridized carbons (Fsp3) is 0.273. The van der Waals surface area contributed by atoms with Gasteiger partial charge >= 0.3 is 0 Å². The van der Waals surface area contributed by atoms with Gasteiger partial charge in [-0.2, -0.15) is 0 Å². The van der Waals surface area contributed by atoms with E-state index < -0.39 is 9.84 Å². The molecule has 0 bridgehead atoms. The molecule has 3 rings (SSSR count). The summed E-state index contributed by atoms with van der Waals surface area (Å²) in [4.78, 5) is 0.278. The van der Waals surface area contributed by atoms with Gasteiger partial charge < -0.3 is 9.30 Å². The van der Waals surface area contributed by atoms with Crippen molar-refractivity contribution in [1.82, 2.24) is 14.8 Å². The quantitative estimate of drug-likeness (QED) is 0.250. The predicted octanol–water partition coefficient (Wildman–Crippen LogP) is 4.31. The summed E-state index contributed by atoms with van der Waals surface area (Å²) >= 11 is 1.53. The van der Waals surface area contributed by atoms with Crippen LogP contribution in [0.5, 0.6) is 5.75 Å². The minimum atomic E-state index is -3.49. The second kappa shape index (κ2) is 10.4. The minimum Gasteiger partial charge on any atom is -0.494 e. The lowest BCUT2D eigenvalue weighted by molar-refractivity contribution is 0.318. The van der Waals surface area contributed by atoms with Gasteiger partial charge in [0.2, 0.25) is 0 Å². The lowest BCUT2D eigenvalue weighted by Gasteiger charge is -2.09. The standard InChI is InChI=1S/C22H25N3O3S2/c1-3-13-25-21(17-30(26,27)20-11-5-4-6-12-20)23-24-22(25)29-15-8-14-28-19-10-7-9-18(2)16-19/h3-7,9-12,16H,1,8,13-15,17H2,2H3. The van der Waals surface area contributed by atoms with Crippen molar-refractivity contribution in [3.63, 3.8) is 0 Å². The van der Waals surface area contributed by atoms with E-state index in [1.807, 2.05) is 31.2 Å². The largest absolute Gasteiger partial charge is 0.494 e. The number of allylic oxidation sites excluding steroid dienone is 1. The number of hydrogen-bond donors (Lipinski definition) is 0. The third-order valence-electron chi connectivity index (χ3n) is 4.30. The van der Waals surface area contributed by atoms with E-state index in [1.165, 1.54) is 11.8 Å². The molecule has 0 atom stereocenters. The molecule has 0 aliphatic carbocycles. The second-order valence-corrected chi connectivity index (χ2v) is 9.79. The lowest BCUT2D eigenvalue weighted by atomic mass is 10.2. The number of aryl methyl sites for hydroxylation is 1. The van der Waals surface area contributed by atoms with E-state index in [9.17, 15) is 8.42 Å². The third-order valence-corrected chi connectivity index (χ3v) is 6.99. The highest BCUT2D eigenvalue weighted by Crippen LogP contribution is 2.22. The SMILES string of the molecule is C=CCn1c(CS(=O)(=O)c2ccccc2)nnc1SCCCOc1cccc(C)c1. The molecule has 0 saturated carbocycles. The molecule has 0 radical (unpaired) electrons. The van der Waals surface area contributed by atoms with Gasteiger partial charge in [-0.3, -0.25) is 0 Å². The first-order chi connectivity index (χ1) is 14.5. The van der Waals surface area contributed by atoms with Gasteiger partial charge in [0.15, 0.2) is 15.0 Å². The molecule has 8 heteroatoms. The Bertz CT molecular complexity index is 1080. The number of ether oxygens (including phenoxy) is 1. The zero-order valence-electron chi connectivity index (χ0n) is 16.9. The van der Waals surface area contributed by atoms with E-state index in [4.69, 9.17) is 4.74 Å². The van der Waals surface area contributed by atoms with E-state index in [1.54, 1.807) is 41.0 Å². The van der Waals surface area contributed by atoms with Crippen LogP contribution in [0.2, 0.25) is 0 Å². The molecule has 0 amide bonds. The molecule has 0 unspecified atom stereocenters. The van der Waals surface area contributed by atoms with E-state index >= 15 is 0 Å². The normalized spacial score (nSPS) is 11.4. The molecule has 3 aromatic rings. The molecule has 30 heavy (non-hydrogen) atoms. The zero-order valence-corrected chi connectivity index (χ0v) is 18.5. The van der Waals surface area contributed by atoms with Gasteiger partial charge in [0.1, 0.15) is 17.3 Å². The van der Waals surface area contributed by atoms with Crippen LogP contribution in [0.3, 0.4) is 0 Å². The summed E-state index contributed by atoms with van der Waals surface area (Å²) in [6, 6.07) is 16.3.